The maximum absolute atomic E-state index is 11.9. The van der Waals surface area contributed by atoms with Crippen LogP contribution >= 0.6 is 23.5 Å². The van der Waals surface area contributed by atoms with Crippen LogP contribution < -0.4 is 0 Å². The summed E-state index contributed by atoms with van der Waals surface area (Å²) >= 11 is 3.17. The Balaban J connectivity index is 1.89. The molecule has 0 saturated carbocycles. The van der Waals surface area contributed by atoms with E-state index in [1.807, 2.05) is 24.3 Å². The molecule has 6 heteroatoms. The van der Waals surface area contributed by atoms with Crippen LogP contribution in [-0.4, -0.2) is 25.2 Å². The van der Waals surface area contributed by atoms with E-state index in [1.165, 1.54) is 0 Å². The van der Waals surface area contributed by atoms with Gasteiger partial charge in [0.1, 0.15) is 0 Å². The van der Waals surface area contributed by atoms with E-state index < -0.39 is 0 Å². The third kappa shape index (κ3) is 3.44. The molecule has 0 radical (unpaired) electrons. The van der Waals surface area contributed by atoms with Crippen LogP contribution in [0.1, 0.15) is 34.6 Å². The molecule has 0 aromatic heterocycles. The highest BCUT2D eigenvalue weighted by molar-refractivity contribution is 8.05. The van der Waals surface area contributed by atoms with Crippen molar-refractivity contribution in [1.29, 1.82) is 0 Å². The lowest BCUT2D eigenvalue weighted by Gasteiger charge is -2.19. The predicted octanol–water partition coefficient (Wildman–Crippen LogP) is 4.66. The number of fused-ring (bicyclic) bond motifs is 2. The van der Waals surface area contributed by atoms with Gasteiger partial charge in [-0.3, -0.25) is 0 Å². The number of carbonyl (C=O) groups is 2. The van der Waals surface area contributed by atoms with E-state index in [1.54, 1.807) is 49.5 Å². The van der Waals surface area contributed by atoms with Crippen LogP contribution in [0.4, 0.5) is 0 Å². The van der Waals surface area contributed by atoms with Crippen molar-refractivity contribution in [2.24, 2.45) is 0 Å². The van der Waals surface area contributed by atoms with Crippen LogP contribution in [0.2, 0.25) is 0 Å². The fraction of sp³-hybridized carbons (Fsp3) is 0.222. The van der Waals surface area contributed by atoms with Crippen LogP contribution in [-0.2, 0) is 9.47 Å². The van der Waals surface area contributed by atoms with E-state index in [4.69, 9.17) is 9.47 Å². The second-order valence-electron chi connectivity index (χ2n) is 4.97. The van der Waals surface area contributed by atoms with Crippen LogP contribution in [0.15, 0.2) is 56.0 Å². The lowest BCUT2D eigenvalue weighted by Crippen LogP contribution is -2.06. The van der Waals surface area contributed by atoms with Crippen molar-refractivity contribution in [3.05, 3.63) is 47.5 Å². The Morgan fingerprint density at radius 2 is 1.17 bits per heavy atom. The van der Waals surface area contributed by atoms with E-state index in [-0.39, 0.29) is 11.9 Å². The van der Waals surface area contributed by atoms with Crippen molar-refractivity contribution >= 4 is 35.5 Å². The average molecular weight is 360 g/mol. The molecule has 0 aliphatic carbocycles. The molecule has 0 fully saturated rings. The summed E-state index contributed by atoms with van der Waals surface area (Å²) in [4.78, 5) is 27.9. The molecule has 24 heavy (non-hydrogen) atoms. The monoisotopic (exact) mass is 360 g/mol. The Bertz CT molecular complexity index is 736. The standard InChI is InChI=1S/C18H16O4S2/c1-3-21-17(19)11-5-7-13-15(9-11)24-16-10-12(18(20)22-4-2)6-8-14(16)23-13/h5-10H,3-4H2,1-2H3. The molecule has 0 atom stereocenters. The number of rotatable bonds is 4. The number of benzene rings is 2. The number of hydrogen-bond donors (Lipinski definition) is 0. The van der Waals surface area contributed by atoms with Gasteiger partial charge in [0.05, 0.1) is 24.3 Å². The lowest BCUT2D eigenvalue weighted by molar-refractivity contribution is 0.0516. The van der Waals surface area contributed by atoms with Gasteiger partial charge < -0.3 is 9.47 Å². The molecule has 0 bridgehead atoms. The summed E-state index contributed by atoms with van der Waals surface area (Å²) in [6.45, 7) is 4.27. The molecule has 1 aliphatic heterocycles. The highest BCUT2D eigenvalue weighted by Crippen LogP contribution is 2.48. The smallest absolute Gasteiger partial charge is 0.338 e. The SMILES string of the molecule is CCOC(=O)c1ccc2c(c1)Sc1cc(C(=O)OCC)ccc1S2. The topological polar surface area (TPSA) is 52.6 Å². The zero-order valence-corrected chi connectivity index (χ0v) is 15.0. The fourth-order valence-corrected chi connectivity index (χ4v) is 4.54. The van der Waals surface area contributed by atoms with Gasteiger partial charge >= 0.3 is 11.9 Å². The van der Waals surface area contributed by atoms with Gasteiger partial charge in [0.15, 0.2) is 0 Å². The first-order valence-corrected chi connectivity index (χ1v) is 9.23. The molecule has 0 spiro atoms. The maximum atomic E-state index is 11.9. The first-order valence-electron chi connectivity index (χ1n) is 7.60. The van der Waals surface area contributed by atoms with Crippen molar-refractivity contribution < 1.29 is 19.1 Å². The third-order valence-corrected chi connectivity index (χ3v) is 5.88. The molecule has 2 aromatic rings. The highest BCUT2D eigenvalue weighted by atomic mass is 32.2. The first-order chi connectivity index (χ1) is 11.6. The zero-order valence-electron chi connectivity index (χ0n) is 13.3. The number of carbonyl (C=O) groups excluding carboxylic acids is 2. The second-order valence-corrected chi connectivity index (χ2v) is 7.14. The summed E-state index contributed by atoms with van der Waals surface area (Å²) in [5.41, 5.74) is 1.07. The second kappa shape index (κ2) is 7.32. The average Bonchev–Trinajstić information content (AvgIpc) is 2.59. The van der Waals surface area contributed by atoms with Crippen LogP contribution in [0.25, 0.3) is 0 Å². The van der Waals surface area contributed by atoms with E-state index in [9.17, 15) is 9.59 Å². The van der Waals surface area contributed by atoms with Crippen LogP contribution in [0.5, 0.6) is 0 Å². The Morgan fingerprint density at radius 1 is 0.750 bits per heavy atom. The molecule has 3 rings (SSSR count). The summed E-state index contributed by atoms with van der Waals surface area (Å²) in [7, 11) is 0. The molecule has 0 N–H and O–H groups in total. The molecule has 1 aliphatic rings. The molecule has 0 unspecified atom stereocenters. The normalized spacial score (nSPS) is 12.1. The lowest BCUT2D eigenvalue weighted by atomic mass is 10.2. The predicted molar refractivity (Wildman–Crippen MR) is 93.0 cm³/mol. The van der Waals surface area contributed by atoms with Gasteiger partial charge in [0, 0.05) is 19.6 Å². The molecular weight excluding hydrogens is 344 g/mol. The Kier molecular flexibility index (Phi) is 5.16. The first kappa shape index (κ1) is 16.9. The van der Waals surface area contributed by atoms with Gasteiger partial charge in [-0.2, -0.15) is 0 Å². The molecule has 0 amide bonds. The van der Waals surface area contributed by atoms with Crippen molar-refractivity contribution in [1.82, 2.24) is 0 Å². The van der Waals surface area contributed by atoms with E-state index >= 15 is 0 Å². The molecule has 2 aromatic carbocycles. The Labute approximate surface area is 148 Å². The maximum Gasteiger partial charge on any atom is 0.338 e. The molecular formula is C18H16O4S2. The zero-order chi connectivity index (χ0) is 17.1. The van der Waals surface area contributed by atoms with Crippen LogP contribution in [0, 0.1) is 0 Å². The number of esters is 2. The highest BCUT2D eigenvalue weighted by Gasteiger charge is 2.20. The minimum Gasteiger partial charge on any atom is -0.462 e. The van der Waals surface area contributed by atoms with Gasteiger partial charge in [-0.25, -0.2) is 9.59 Å². The van der Waals surface area contributed by atoms with Gasteiger partial charge in [-0.05, 0) is 50.2 Å². The van der Waals surface area contributed by atoms with Crippen molar-refractivity contribution in [2.75, 3.05) is 13.2 Å². The van der Waals surface area contributed by atoms with Crippen molar-refractivity contribution in [3.63, 3.8) is 0 Å². The molecule has 0 saturated heterocycles. The summed E-state index contributed by atoms with van der Waals surface area (Å²) in [5.74, 6) is -0.644. The van der Waals surface area contributed by atoms with E-state index in [2.05, 4.69) is 0 Å². The summed E-state index contributed by atoms with van der Waals surface area (Å²) in [6.07, 6.45) is 0. The third-order valence-electron chi connectivity index (χ3n) is 3.35. The minimum absolute atomic E-state index is 0.322. The summed E-state index contributed by atoms with van der Waals surface area (Å²) < 4.78 is 10.1. The van der Waals surface area contributed by atoms with Gasteiger partial charge in [0.2, 0.25) is 0 Å². The van der Waals surface area contributed by atoms with E-state index in [0.29, 0.717) is 24.3 Å². The van der Waals surface area contributed by atoms with Gasteiger partial charge in [-0.1, -0.05) is 23.5 Å². The molecule has 124 valence electrons. The minimum atomic E-state index is -0.322. The largest absolute Gasteiger partial charge is 0.462 e. The van der Waals surface area contributed by atoms with Crippen molar-refractivity contribution in [3.8, 4) is 0 Å². The molecule has 1 heterocycles. The van der Waals surface area contributed by atoms with Gasteiger partial charge in [0.25, 0.3) is 0 Å². The number of ether oxygens (including phenoxy) is 2. The Hall–Kier alpha value is -1.92. The summed E-state index contributed by atoms with van der Waals surface area (Å²) in [5, 5.41) is 0. The fourth-order valence-electron chi connectivity index (χ4n) is 2.26. The molecule has 4 nitrogen and oxygen atoms in total. The Morgan fingerprint density at radius 3 is 1.58 bits per heavy atom. The summed E-state index contributed by atoms with van der Waals surface area (Å²) in [6, 6.07) is 11.1. The van der Waals surface area contributed by atoms with Crippen molar-refractivity contribution in [2.45, 2.75) is 33.4 Å². The number of hydrogen-bond acceptors (Lipinski definition) is 6. The van der Waals surface area contributed by atoms with Crippen LogP contribution in [0.3, 0.4) is 0 Å². The van der Waals surface area contributed by atoms with Gasteiger partial charge in [-0.15, -0.1) is 0 Å². The quantitative estimate of drug-likeness (QED) is 0.631. The van der Waals surface area contributed by atoms with E-state index in [0.717, 1.165) is 19.6 Å².